The Hall–Kier alpha value is -0.360. The van der Waals surface area contributed by atoms with E-state index in [1.54, 1.807) is 0 Å². The van der Waals surface area contributed by atoms with Crippen LogP contribution in [0.15, 0.2) is 0 Å². The number of unbranched alkanes of at least 4 members (excludes halogenated alkanes) is 5. The Balaban J connectivity index is 3.42. The first-order valence-electron chi connectivity index (χ1n) is 7.25. The topological polar surface area (TPSA) is 40.5 Å². The van der Waals surface area contributed by atoms with Crippen molar-refractivity contribution in [3.8, 4) is 0 Å². The number of rotatable bonds is 11. The number of halogens is 4. The Labute approximate surface area is 118 Å². The minimum absolute atomic E-state index is 0.275. The fraction of sp³-hybridized carbons (Fsp3) is 1.00. The number of hydrogen-bond donors (Lipinski definition) is 2. The van der Waals surface area contributed by atoms with Crippen LogP contribution in [0.4, 0.5) is 17.6 Å². The molecule has 0 rings (SSSR count). The zero-order chi connectivity index (χ0) is 15.8. The molecule has 2 nitrogen and oxygen atoms in total. The summed E-state index contributed by atoms with van der Waals surface area (Å²) in [5, 5.41) is 16.9. The molecular formula is C14H26F4O2. The average molecular weight is 302 g/mol. The molecule has 122 valence electrons. The molecular weight excluding hydrogens is 276 g/mol. The molecule has 0 heterocycles. The maximum absolute atomic E-state index is 12.4. The summed E-state index contributed by atoms with van der Waals surface area (Å²) in [6, 6.07) is 0. The van der Waals surface area contributed by atoms with Gasteiger partial charge in [0.2, 0.25) is 0 Å². The third-order valence-corrected chi connectivity index (χ3v) is 3.71. The van der Waals surface area contributed by atoms with Crippen LogP contribution in [0.5, 0.6) is 0 Å². The van der Waals surface area contributed by atoms with Crippen LogP contribution in [0.3, 0.4) is 0 Å². The van der Waals surface area contributed by atoms with E-state index in [9.17, 15) is 17.6 Å². The number of alkyl halides is 4. The van der Waals surface area contributed by atoms with Gasteiger partial charge in [-0.1, -0.05) is 52.4 Å². The Bertz CT molecular complexity index is 223. The van der Waals surface area contributed by atoms with Crippen LogP contribution in [0, 0.1) is 11.8 Å². The molecule has 0 amide bonds. The van der Waals surface area contributed by atoms with E-state index in [-0.39, 0.29) is 12.8 Å². The third kappa shape index (κ3) is 9.53. The minimum Gasteiger partial charge on any atom is -0.336 e. The van der Waals surface area contributed by atoms with Crippen molar-refractivity contribution in [2.75, 3.05) is 0 Å². The van der Waals surface area contributed by atoms with Crippen molar-refractivity contribution in [1.82, 2.24) is 0 Å². The highest BCUT2D eigenvalue weighted by Gasteiger charge is 2.33. The number of hydrogen-bond acceptors (Lipinski definition) is 2. The third-order valence-electron chi connectivity index (χ3n) is 3.71. The van der Waals surface area contributed by atoms with Crippen LogP contribution in [0.25, 0.3) is 0 Å². The summed E-state index contributed by atoms with van der Waals surface area (Å²) in [7, 11) is 0. The van der Waals surface area contributed by atoms with Crippen molar-refractivity contribution in [2.45, 2.75) is 77.4 Å². The first-order chi connectivity index (χ1) is 9.05. The summed E-state index contributed by atoms with van der Waals surface area (Å²) in [5.74, 6) is -2.06. The molecule has 2 unspecified atom stereocenters. The second-order valence-electron chi connectivity index (χ2n) is 5.68. The average Bonchev–Trinajstić information content (AvgIpc) is 2.29. The predicted octanol–water partition coefficient (Wildman–Crippen LogP) is 4.55. The van der Waals surface area contributed by atoms with E-state index in [2.05, 4.69) is 0 Å². The highest BCUT2D eigenvalue weighted by molar-refractivity contribution is 4.63. The molecule has 2 N–H and O–H groups in total. The second kappa shape index (κ2) is 8.82. The largest absolute Gasteiger partial charge is 0.355 e. The SMILES string of the molecule is CC(CCCCCCCCC(C)C(O)(F)F)C(O)(F)F. The minimum atomic E-state index is -3.61. The van der Waals surface area contributed by atoms with Crippen molar-refractivity contribution in [3.05, 3.63) is 0 Å². The molecule has 0 fully saturated rings. The summed E-state index contributed by atoms with van der Waals surface area (Å²) >= 11 is 0. The fourth-order valence-electron chi connectivity index (χ4n) is 1.96. The molecule has 0 aromatic rings. The van der Waals surface area contributed by atoms with Crippen LogP contribution in [-0.4, -0.2) is 22.4 Å². The maximum Gasteiger partial charge on any atom is 0.355 e. The van der Waals surface area contributed by atoms with Gasteiger partial charge in [-0.3, -0.25) is 0 Å². The van der Waals surface area contributed by atoms with Gasteiger partial charge >= 0.3 is 12.2 Å². The molecule has 0 spiro atoms. The summed E-state index contributed by atoms with van der Waals surface area (Å²) < 4.78 is 49.7. The van der Waals surface area contributed by atoms with Gasteiger partial charge in [0.1, 0.15) is 0 Å². The molecule has 6 heteroatoms. The van der Waals surface area contributed by atoms with Crippen LogP contribution >= 0.6 is 0 Å². The Morgan fingerprint density at radius 3 is 1.15 bits per heavy atom. The molecule has 0 aromatic carbocycles. The van der Waals surface area contributed by atoms with Crippen molar-refractivity contribution in [2.24, 2.45) is 11.8 Å². The van der Waals surface area contributed by atoms with Gasteiger partial charge in [-0.25, -0.2) is 0 Å². The highest BCUT2D eigenvalue weighted by atomic mass is 19.3. The molecule has 0 saturated carbocycles. The zero-order valence-corrected chi connectivity index (χ0v) is 12.2. The van der Waals surface area contributed by atoms with E-state index in [1.165, 1.54) is 13.8 Å². The number of aliphatic hydroxyl groups is 2. The van der Waals surface area contributed by atoms with E-state index in [1.807, 2.05) is 0 Å². The normalized spacial score (nSPS) is 16.2. The lowest BCUT2D eigenvalue weighted by Crippen LogP contribution is -2.24. The van der Waals surface area contributed by atoms with E-state index < -0.39 is 24.1 Å². The summed E-state index contributed by atoms with van der Waals surface area (Å²) in [6.07, 6.45) is -2.07. The fourth-order valence-corrected chi connectivity index (χ4v) is 1.96. The molecule has 2 atom stereocenters. The second-order valence-corrected chi connectivity index (χ2v) is 5.68. The van der Waals surface area contributed by atoms with E-state index >= 15 is 0 Å². The van der Waals surface area contributed by atoms with E-state index in [4.69, 9.17) is 10.2 Å². The van der Waals surface area contributed by atoms with Gasteiger partial charge in [0.05, 0.1) is 0 Å². The van der Waals surface area contributed by atoms with Crippen molar-refractivity contribution < 1.29 is 27.8 Å². The molecule has 0 saturated heterocycles. The molecule has 0 bridgehead atoms. The Morgan fingerprint density at radius 1 is 0.650 bits per heavy atom. The highest BCUT2D eigenvalue weighted by Crippen LogP contribution is 2.27. The van der Waals surface area contributed by atoms with Gasteiger partial charge in [0, 0.05) is 11.8 Å². The molecule has 20 heavy (non-hydrogen) atoms. The monoisotopic (exact) mass is 302 g/mol. The summed E-state index contributed by atoms with van der Waals surface area (Å²) in [4.78, 5) is 0. The lowest BCUT2D eigenvalue weighted by molar-refractivity contribution is -0.235. The molecule has 0 aliphatic heterocycles. The Morgan fingerprint density at radius 2 is 0.900 bits per heavy atom. The van der Waals surface area contributed by atoms with Crippen molar-refractivity contribution in [1.29, 1.82) is 0 Å². The zero-order valence-electron chi connectivity index (χ0n) is 12.2. The van der Waals surface area contributed by atoms with Gasteiger partial charge in [-0.15, -0.1) is 0 Å². The lowest BCUT2D eigenvalue weighted by Gasteiger charge is -2.17. The van der Waals surface area contributed by atoms with Crippen LogP contribution < -0.4 is 0 Å². The molecule has 0 aromatic heterocycles. The predicted molar refractivity (Wildman–Crippen MR) is 69.6 cm³/mol. The van der Waals surface area contributed by atoms with Gasteiger partial charge in [0.25, 0.3) is 0 Å². The van der Waals surface area contributed by atoms with Crippen molar-refractivity contribution in [3.63, 3.8) is 0 Å². The quantitative estimate of drug-likeness (QED) is 0.434. The lowest BCUT2D eigenvalue weighted by atomic mass is 9.99. The van der Waals surface area contributed by atoms with Gasteiger partial charge in [-0.2, -0.15) is 17.6 Å². The van der Waals surface area contributed by atoms with E-state index in [0.717, 1.165) is 25.7 Å². The maximum atomic E-state index is 12.4. The standard InChI is InChI=1S/C14H26F4O2/c1-11(13(15,16)19)9-7-5-3-4-6-8-10-12(2)14(17,18)20/h11-12,19-20H,3-10H2,1-2H3. The van der Waals surface area contributed by atoms with Crippen molar-refractivity contribution >= 4 is 0 Å². The first kappa shape index (κ1) is 19.6. The molecule has 0 aliphatic rings. The van der Waals surface area contributed by atoms with E-state index in [0.29, 0.717) is 12.8 Å². The van der Waals surface area contributed by atoms with Crippen LogP contribution in [-0.2, 0) is 0 Å². The van der Waals surface area contributed by atoms with Crippen LogP contribution in [0.1, 0.15) is 65.2 Å². The Kier molecular flexibility index (Phi) is 8.66. The summed E-state index contributed by atoms with van der Waals surface area (Å²) in [5.41, 5.74) is 0. The van der Waals surface area contributed by atoms with Gasteiger partial charge < -0.3 is 10.2 Å². The summed E-state index contributed by atoms with van der Waals surface area (Å²) in [6.45, 7) is 2.63. The molecule has 0 radical (unpaired) electrons. The van der Waals surface area contributed by atoms with Gasteiger partial charge in [0.15, 0.2) is 0 Å². The van der Waals surface area contributed by atoms with Gasteiger partial charge in [-0.05, 0) is 12.8 Å². The van der Waals surface area contributed by atoms with Crippen LogP contribution in [0.2, 0.25) is 0 Å². The molecule has 0 aliphatic carbocycles. The first-order valence-corrected chi connectivity index (χ1v) is 7.25. The smallest absolute Gasteiger partial charge is 0.336 e.